The average molecular weight is 471 g/mol. The first-order chi connectivity index (χ1) is 14.3. The highest BCUT2D eigenvalue weighted by Crippen LogP contribution is 2.20. The number of carbonyl (C=O) groups excluding carboxylic acids is 2. The van der Waals surface area contributed by atoms with Gasteiger partial charge in [0, 0.05) is 17.1 Å². The topological polar surface area (TPSA) is 49.4 Å². The van der Waals surface area contributed by atoms with Gasteiger partial charge >= 0.3 is 0 Å². The van der Waals surface area contributed by atoms with E-state index in [0.717, 1.165) is 52.4 Å². The smallest absolute Gasteiger partial charge is 0.242 e. The molecule has 0 spiro atoms. The van der Waals surface area contributed by atoms with Gasteiger partial charge in [-0.1, -0.05) is 70.2 Å². The predicted molar refractivity (Wildman–Crippen MR) is 124 cm³/mol. The Hall–Kier alpha value is -2.14. The lowest BCUT2D eigenvalue weighted by molar-refractivity contribution is -0.140. The maximum Gasteiger partial charge on any atom is 0.242 e. The molecule has 1 aliphatic rings. The van der Waals surface area contributed by atoms with Crippen LogP contribution in [-0.2, 0) is 22.6 Å². The summed E-state index contributed by atoms with van der Waals surface area (Å²) in [6.07, 6.45) is 4.66. The molecular formula is C25H31BrN2O2. The predicted octanol–water partition coefficient (Wildman–Crippen LogP) is 5.08. The van der Waals surface area contributed by atoms with Gasteiger partial charge in [0.1, 0.15) is 6.04 Å². The van der Waals surface area contributed by atoms with Crippen molar-refractivity contribution in [1.82, 2.24) is 10.2 Å². The van der Waals surface area contributed by atoms with Gasteiger partial charge in [-0.2, -0.15) is 0 Å². The highest BCUT2D eigenvalue weighted by Gasteiger charge is 2.28. The molecule has 0 radical (unpaired) electrons. The fraction of sp³-hybridized carbons (Fsp3) is 0.440. The van der Waals surface area contributed by atoms with Gasteiger partial charge in [0.25, 0.3) is 0 Å². The van der Waals surface area contributed by atoms with Crippen LogP contribution in [0.15, 0.2) is 46.9 Å². The summed E-state index contributed by atoms with van der Waals surface area (Å²) in [5, 5.41) is 3.15. The molecule has 0 unspecified atom stereocenters. The van der Waals surface area contributed by atoms with Gasteiger partial charge in [-0.05, 0) is 56.9 Å². The number of nitrogens with one attached hydrogen (secondary N) is 1. The van der Waals surface area contributed by atoms with Gasteiger partial charge in [0.2, 0.25) is 11.8 Å². The maximum absolute atomic E-state index is 13.3. The minimum absolute atomic E-state index is 0.0333. The van der Waals surface area contributed by atoms with Gasteiger partial charge in [-0.3, -0.25) is 9.59 Å². The molecule has 0 aromatic heterocycles. The first-order valence-electron chi connectivity index (χ1n) is 10.7. The van der Waals surface area contributed by atoms with Gasteiger partial charge < -0.3 is 10.2 Å². The van der Waals surface area contributed by atoms with E-state index in [1.807, 2.05) is 57.2 Å². The number of halogens is 1. The Kier molecular flexibility index (Phi) is 7.70. The monoisotopic (exact) mass is 470 g/mol. The third-order valence-corrected chi connectivity index (χ3v) is 6.24. The molecule has 5 heteroatoms. The molecule has 1 saturated carbocycles. The third-order valence-electron chi connectivity index (χ3n) is 5.75. The molecular weight excluding hydrogens is 440 g/mol. The Morgan fingerprint density at radius 1 is 1.07 bits per heavy atom. The third kappa shape index (κ3) is 6.18. The Balaban J connectivity index is 1.79. The minimum Gasteiger partial charge on any atom is -0.352 e. The van der Waals surface area contributed by atoms with Crippen LogP contribution in [0.1, 0.15) is 54.9 Å². The van der Waals surface area contributed by atoms with Crippen molar-refractivity contribution in [3.05, 3.63) is 69.2 Å². The van der Waals surface area contributed by atoms with Gasteiger partial charge in [0.15, 0.2) is 0 Å². The quantitative estimate of drug-likeness (QED) is 0.612. The molecule has 2 aromatic carbocycles. The summed E-state index contributed by atoms with van der Waals surface area (Å²) in [5.41, 5.74) is 4.27. The molecule has 160 valence electrons. The molecule has 1 atom stereocenters. The van der Waals surface area contributed by atoms with E-state index in [1.54, 1.807) is 4.90 Å². The van der Waals surface area contributed by atoms with E-state index in [9.17, 15) is 9.59 Å². The number of amides is 2. The van der Waals surface area contributed by atoms with E-state index < -0.39 is 6.04 Å². The van der Waals surface area contributed by atoms with E-state index in [2.05, 4.69) is 27.3 Å². The highest BCUT2D eigenvalue weighted by atomic mass is 79.9. The molecule has 1 N–H and O–H groups in total. The molecule has 0 aliphatic heterocycles. The van der Waals surface area contributed by atoms with Crippen molar-refractivity contribution >= 4 is 27.7 Å². The summed E-state index contributed by atoms with van der Waals surface area (Å²) < 4.78 is 0.963. The number of aryl methyl sites for hydroxylation is 2. The van der Waals surface area contributed by atoms with E-state index in [-0.39, 0.29) is 24.3 Å². The average Bonchev–Trinajstić information content (AvgIpc) is 3.17. The summed E-state index contributed by atoms with van der Waals surface area (Å²) in [5.74, 6) is -0.0975. The number of hydrogen-bond donors (Lipinski definition) is 1. The molecule has 0 saturated heterocycles. The second-order valence-electron chi connectivity index (χ2n) is 8.49. The Labute approximate surface area is 188 Å². The molecule has 0 heterocycles. The summed E-state index contributed by atoms with van der Waals surface area (Å²) in [7, 11) is 0. The van der Waals surface area contributed by atoms with Crippen molar-refractivity contribution in [3.63, 3.8) is 0 Å². The van der Waals surface area contributed by atoms with E-state index in [0.29, 0.717) is 6.54 Å². The zero-order valence-electron chi connectivity index (χ0n) is 18.1. The fourth-order valence-electron chi connectivity index (χ4n) is 4.25. The van der Waals surface area contributed by atoms with Crippen LogP contribution in [0.25, 0.3) is 0 Å². The maximum atomic E-state index is 13.3. The summed E-state index contributed by atoms with van der Waals surface area (Å²) in [6.45, 7) is 6.32. The molecule has 1 fully saturated rings. The number of rotatable bonds is 7. The van der Waals surface area contributed by atoms with Crippen LogP contribution in [0.2, 0.25) is 0 Å². The van der Waals surface area contributed by atoms with E-state index >= 15 is 0 Å². The number of hydrogen-bond acceptors (Lipinski definition) is 2. The summed E-state index contributed by atoms with van der Waals surface area (Å²) in [6, 6.07) is 13.8. The Morgan fingerprint density at radius 3 is 2.37 bits per heavy atom. The molecule has 30 heavy (non-hydrogen) atoms. The van der Waals surface area contributed by atoms with Crippen molar-refractivity contribution in [3.8, 4) is 0 Å². The van der Waals surface area contributed by atoms with Crippen molar-refractivity contribution in [2.24, 2.45) is 0 Å². The number of carbonyl (C=O) groups is 2. The zero-order chi connectivity index (χ0) is 21.7. The molecule has 4 nitrogen and oxygen atoms in total. The Morgan fingerprint density at radius 2 is 1.73 bits per heavy atom. The second-order valence-corrected chi connectivity index (χ2v) is 9.41. The van der Waals surface area contributed by atoms with Crippen molar-refractivity contribution in [2.45, 2.75) is 71.5 Å². The molecule has 0 bridgehead atoms. The zero-order valence-corrected chi connectivity index (χ0v) is 19.7. The lowest BCUT2D eigenvalue weighted by Crippen LogP contribution is -2.50. The number of nitrogens with zero attached hydrogens (tertiary/aromatic N) is 1. The van der Waals surface area contributed by atoms with Crippen molar-refractivity contribution in [1.29, 1.82) is 0 Å². The standard InChI is InChI=1S/C25H31BrN2O2/c1-17-11-18(2)13-21(12-17)15-24(29)28(16-20-7-6-8-22(26)14-20)19(3)25(30)27-23-9-4-5-10-23/h6-8,11-14,19,23H,4-5,9-10,15-16H2,1-3H3,(H,27,30)/t19-/m0/s1. The number of benzene rings is 2. The first kappa shape index (κ1) is 22.5. The SMILES string of the molecule is Cc1cc(C)cc(CC(=O)N(Cc2cccc(Br)c2)[C@@H](C)C(=O)NC2CCCC2)c1. The largest absolute Gasteiger partial charge is 0.352 e. The van der Waals surface area contributed by atoms with Crippen LogP contribution in [-0.4, -0.2) is 28.8 Å². The summed E-state index contributed by atoms with van der Waals surface area (Å²) >= 11 is 3.50. The molecule has 1 aliphatic carbocycles. The van der Waals surface area contributed by atoms with Gasteiger partial charge in [0.05, 0.1) is 6.42 Å². The lowest BCUT2D eigenvalue weighted by atomic mass is 10.0. The minimum atomic E-state index is -0.525. The van der Waals surface area contributed by atoms with Crippen LogP contribution >= 0.6 is 15.9 Å². The van der Waals surface area contributed by atoms with Crippen LogP contribution in [0.4, 0.5) is 0 Å². The second kappa shape index (κ2) is 10.3. The highest BCUT2D eigenvalue weighted by molar-refractivity contribution is 9.10. The molecule has 2 aromatic rings. The molecule has 2 amide bonds. The van der Waals surface area contributed by atoms with Crippen LogP contribution in [0.3, 0.4) is 0 Å². The van der Waals surface area contributed by atoms with Gasteiger partial charge in [-0.15, -0.1) is 0 Å². The van der Waals surface area contributed by atoms with Gasteiger partial charge in [-0.25, -0.2) is 0 Å². The lowest BCUT2D eigenvalue weighted by Gasteiger charge is -2.30. The van der Waals surface area contributed by atoms with Crippen molar-refractivity contribution < 1.29 is 9.59 Å². The normalized spacial score (nSPS) is 15.1. The van der Waals surface area contributed by atoms with E-state index in [4.69, 9.17) is 0 Å². The Bertz CT molecular complexity index is 886. The fourth-order valence-corrected chi connectivity index (χ4v) is 4.70. The molecule has 3 rings (SSSR count). The van der Waals surface area contributed by atoms with Crippen LogP contribution in [0, 0.1) is 13.8 Å². The van der Waals surface area contributed by atoms with E-state index in [1.165, 1.54) is 0 Å². The van der Waals surface area contributed by atoms with Crippen LogP contribution in [0.5, 0.6) is 0 Å². The first-order valence-corrected chi connectivity index (χ1v) is 11.5. The summed E-state index contributed by atoms with van der Waals surface area (Å²) in [4.78, 5) is 28.0. The van der Waals surface area contributed by atoms with Crippen LogP contribution < -0.4 is 5.32 Å². The van der Waals surface area contributed by atoms with Crippen molar-refractivity contribution in [2.75, 3.05) is 0 Å².